The molecule has 0 aromatic heterocycles. The molecule has 7 heteroatoms. The molecule has 4 nitrogen and oxygen atoms in total. The molecule has 0 saturated heterocycles. The number of carbonyl (C=O) groups excluding carboxylic acids is 1. The highest BCUT2D eigenvalue weighted by molar-refractivity contribution is 5.86. The van der Waals surface area contributed by atoms with Gasteiger partial charge in [0.2, 0.25) is 5.91 Å². The van der Waals surface area contributed by atoms with Crippen molar-refractivity contribution < 1.29 is 27.9 Å². The number of nitrogens with one attached hydrogen (secondary N) is 1. The first-order chi connectivity index (χ1) is 7.67. The summed E-state index contributed by atoms with van der Waals surface area (Å²) in [5.41, 5.74) is -1.53. The lowest BCUT2D eigenvalue weighted by atomic mass is 9.76. The van der Waals surface area contributed by atoms with E-state index in [4.69, 9.17) is 5.11 Å². The molecule has 0 unspecified atom stereocenters. The monoisotopic (exact) mass is 253 g/mol. The summed E-state index contributed by atoms with van der Waals surface area (Å²) in [5.74, 6) is -3.28. The fourth-order valence-corrected chi connectivity index (χ4v) is 2.17. The van der Waals surface area contributed by atoms with Crippen molar-refractivity contribution in [3.8, 4) is 0 Å². The third kappa shape index (κ3) is 3.10. The molecule has 0 aliphatic heterocycles. The van der Waals surface area contributed by atoms with Gasteiger partial charge in [0.25, 0.3) is 0 Å². The predicted molar refractivity (Wildman–Crippen MR) is 52.2 cm³/mol. The predicted octanol–water partition coefficient (Wildman–Crippen LogP) is 1.70. The summed E-state index contributed by atoms with van der Waals surface area (Å²) in [6.07, 6.45) is -5.20. The van der Waals surface area contributed by atoms with E-state index in [-0.39, 0.29) is 25.7 Å². The van der Waals surface area contributed by atoms with Crippen molar-refractivity contribution >= 4 is 11.9 Å². The van der Waals surface area contributed by atoms with Gasteiger partial charge in [-0.2, -0.15) is 13.2 Å². The molecule has 0 aromatic rings. The number of alkyl halides is 3. The van der Waals surface area contributed by atoms with Crippen LogP contribution in [0.4, 0.5) is 13.2 Å². The number of aliphatic carboxylic acids is 1. The maximum atomic E-state index is 12.4. The van der Waals surface area contributed by atoms with Gasteiger partial charge < -0.3 is 10.4 Å². The number of hydrogen-bond acceptors (Lipinski definition) is 2. The molecule has 1 amide bonds. The molecule has 0 atom stereocenters. The number of hydrogen-bond donors (Lipinski definition) is 2. The Bertz CT molecular complexity index is 319. The maximum Gasteiger partial charge on any atom is 0.391 e. The Labute approximate surface area is 96.2 Å². The van der Waals surface area contributed by atoms with Gasteiger partial charge in [0.15, 0.2) is 0 Å². The zero-order valence-corrected chi connectivity index (χ0v) is 9.30. The minimum Gasteiger partial charge on any atom is -0.480 e. The first-order valence-corrected chi connectivity index (χ1v) is 5.26. The standard InChI is InChI=1S/C10H14F3NO3/c1-6(15)14-9(8(16)17)4-2-7(3-5-9)10(11,12)13/h7H,2-5H2,1H3,(H,14,15)(H,16,17). The zero-order chi connectivity index (χ0) is 13.3. The van der Waals surface area contributed by atoms with E-state index < -0.39 is 29.5 Å². The Morgan fingerprint density at radius 3 is 2.06 bits per heavy atom. The smallest absolute Gasteiger partial charge is 0.391 e. The molecule has 1 fully saturated rings. The van der Waals surface area contributed by atoms with Gasteiger partial charge in [-0.15, -0.1) is 0 Å². The van der Waals surface area contributed by atoms with E-state index in [1.807, 2.05) is 0 Å². The van der Waals surface area contributed by atoms with Crippen molar-refractivity contribution in [3.05, 3.63) is 0 Å². The SMILES string of the molecule is CC(=O)NC1(C(=O)O)CCC(C(F)(F)F)CC1. The van der Waals surface area contributed by atoms with Crippen molar-refractivity contribution in [2.75, 3.05) is 0 Å². The number of carbonyl (C=O) groups is 2. The van der Waals surface area contributed by atoms with Gasteiger partial charge >= 0.3 is 12.1 Å². The Hall–Kier alpha value is -1.27. The molecule has 1 rings (SSSR count). The van der Waals surface area contributed by atoms with E-state index in [0.29, 0.717) is 0 Å². The van der Waals surface area contributed by atoms with Crippen LogP contribution in [-0.2, 0) is 9.59 Å². The summed E-state index contributed by atoms with van der Waals surface area (Å²) in [6, 6.07) is 0. The average Bonchev–Trinajstić information content (AvgIpc) is 2.15. The van der Waals surface area contributed by atoms with Crippen LogP contribution in [0.1, 0.15) is 32.6 Å². The van der Waals surface area contributed by atoms with Gasteiger partial charge in [-0.05, 0) is 25.7 Å². The molecule has 0 heterocycles. The maximum absolute atomic E-state index is 12.4. The number of carboxylic acid groups (broad SMARTS) is 1. The molecule has 1 aliphatic carbocycles. The third-order valence-electron chi connectivity index (χ3n) is 3.13. The largest absolute Gasteiger partial charge is 0.480 e. The molecular weight excluding hydrogens is 239 g/mol. The first kappa shape index (κ1) is 13.8. The molecule has 0 radical (unpaired) electrons. The Morgan fingerprint density at radius 2 is 1.76 bits per heavy atom. The lowest BCUT2D eigenvalue weighted by molar-refractivity contribution is -0.188. The fraction of sp³-hybridized carbons (Fsp3) is 0.800. The van der Waals surface area contributed by atoms with Crippen molar-refractivity contribution in [3.63, 3.8) is 0 Å². The molecule has 1 aliphatic rings. The highest BCUT2D eigenvalue weighted by Gasteiger charge is 2.49. The van der Waals surface area contributed by atoms with Crippen LogP contribution in [0.3, 0.4) is 0 Å². The fourth-order valence-electron chi connectivity index (χ4n) is 2.17. The lowest BCUT2D eigenvalue weighted by Crippen LogP contribution is -2.56. The summed E-state index contributed by atoms with van der Waals surface area (Å²) < 4.78 is 37.3. The number of halogens is 3. The summed E-state index contributed by atoms with van der Waals surface area (Å²) >= 11 is 0. The van der Waals surface area contributed by atoms with Crippen LogP contribution in [-0.4, -0.2) is 28.7 Å². The Morgan fingerprint density at radius 1 is 1.29 bits per heavy atom. The van der Waals surface area contributed by atoms with E-state index in [2.05, 4.69) is 5.32 Å². The second-order valence-corrected chi connectivity index (χ2v) is 4.38. The summed E-state index contributed by atoms with van der Waals surface area (Å²) in [5, 5.41) is 11.3. The molecule has 0 bridgehead atoms. The van der Waals surface area contributed by atoms with Crippen molar-refractivity contribution in [1.29, 1.82) is 0 Å². The van der Waals surface area contributed by atoms with Crippen LogP contribution in [0, 0.1) is 5.92 Å². The summed E-state index contributed by atoms with van der Waals surface area (Å²) in [4.78, 5) is 22.0. The van der Waals surface area contributed by atoms with Gasteiger partial charge in [-0.25, -0.2) is 4.79 Å². The van der Waals surface area contributed by atoms with Gasteiger partial charge in [0.1, 0.15) is 5.54 Å². The quantitative estimate of drug-likeness (QED) is 0.787. The average molecular weight is 253 g/mol. The van der Waals surface area contributed by atoms with Crippen LogP contribution in [0.5, 0.6) is 0 Å². The van der Waals surface area contributed by atoms with Gasteiger partial charge in [-0.1, -0.05) is 0 Å². The molecule has 0 spiro atoms. The van der Waals surface area contributed by atoms with Crippen LogP contribution in [0.25, 0.3) is 0 Å². The second-order valence-electron chi connectivity index (χ2n) is 4.38. The minimum absolute atomic E-state index is 0.188. The van der Waals surface area contributed by atoms with E-state index in [1.54, 1.807) is 0 Å². The van der Waals surface area contributed by atoms with Crippen molar-refractivity contribution in [2.45, 2.75) is 44.3 Å². The minimum atomic E-state index is -4.29. The van der Waals surface area contributed by atoms with E-state index in [1.165, 1.54) is 0 Å². The van der Waals surface area contributed by atoms with E-state index in [0.717, 1.165) is 6.92 Å². The normalized spacial score (nSPS) is 29.8. The van der Waals surface area contributed by atoms with Crippen LogP contribution in [0.2, 0.25) is 0 Å². The molecule has 98 valence electrons. The van der Waals surface area contributed by atoms with Gasteiger partial charge in [-0.3, -0.25) is 4.79 Å². The molecule has 2 N–H and O–H groups in total. The second kappa shape index (κ2) is 4.54. The number of amides is 1. The van der Waals surface area contributed by atoms with Crippen LogP contribution in [0.15, 0.2) is 0 Å². The molecule has 17 heavy (non-hydrogen) atoms. The highest BCUT2D eigenvalue weighted by Crippen LogP contribution is 2.41. The van der Waals surface area contributed by atoms with E-state index in [9.17, 15) is 22.8 Å². The summed E-state index contributed by atoms with van der Waals surface area (Å²) in [7, 11) is 0. The highest BCUT2D eigenvalue weighted by atomic mass is 19.4. The van der Waals surface area contributed by atoms with Crippen molar-refractivity contribution in [1.82, 2.24) is 5.32 Å². The first-order valence-electron chi connectivity index (χ1n) is 5.26. The zero-order valence-electron chi connectivity index (χ0n) is 9.30. The lowest BCUT2D eigenvalue weighted by Gasteiger charge is -2.37. The van der Waals surface area contributed by atoms with Crippen LogP contribution < -0.4 is 5.32 Å². The Balaban J connectivity index is 2.75. The summed E-state index contributed by atoms with van der Waals surface area (Å²) in [6.45, 7) is 1.15. The molecule has 0 aromatic carbocycles. The number of rotatable bonds is 2. The van der Waals surface area contributed by atoms with E-state index >= 15 is 0 Å². The van der Waals surface area contributed by atoms with Gasteiger partial charge in [0.05, 0.1) is 5.92 Å². The third-order valence-corrected chi connectivity index (χ3v) is 3.13. The topological polar surface area (TPSA) is 66.4 Å². The van der Waals surface area contributed by atoms with Gasteiger partial charge in [0, 0.05) is 6.92 Å². The van der Waals surface area contributed by atoms with Crippen LogP contribution >= 0.6 is 0 Å². The Kier molecular flexibility index (Phi) is 3.68. The molecule has 1 saturated carbocycles. The van der Waals surface area contributed by atoms with Crippen molar-refractivity contribution in [2.24, 2.45) is 5.92 Å². The molecular formula is C10H14F3NO3. The number of carboxylic acids is 1.